The Morgan fingerprint density at radius 2 is 1.46 bits per heavy atom. The quantitative estimate of drug-likeness (QED) is 0.341. The molecule has 0 aliphatic rings. The molecule has 3 aromatic carbocycles. The van der Waals surface area contributed by atoms with Gasteiger partial charge < -0.3 is 15.0 Å². The molecule has 1 N–H and O–H groups in total. The molecule has 0 radical (unpaired) electrons. The average molecular weight is 487 g/mol. The van der Waals surface area contributed by atoms with E-state index in [0.717, 1.165) is 21.7 Å². The molecule has 7 nitrogen and oxygen atoms in total. The summed E-state index contributed by atoms with van der Waals surface area (Å²) in [5, 5.41) is 12.2. The first kappa shape index (κ1) is 24.3. The van der Waals surface area contributed by atoms with Crippen molar-refractivity contribution in [2.24, 2.45) is 0 Å². The highest BCUT2D eigenvalue weighted by molar-refractivity contribution is 7.18. The Kier molecular flexibility index (Phi) is 8.32. The van der Waals surface area contributed by atoms with Gasteiger partial charge in [0, 0.05) is 37.7 Å². The zero-order valence-electron chi connectivity index (χ0n) is 19.4. The van der Waals surface area contributed by atoms with Crippen molar-refractivity contribution in [3.63, 3.8) is 0 Å². The highest BCUT2D eigenvalue weighted by Crippen LogP contribution is 2.26. The Bertz CT molecular complexity index is 1240. The third-order valence-electron chi connectivity index (χ3n) is 5.39. The van der Waals surface area contributed by atoms with Crippen LogP contribution in [0.3, 0.4) is 0 Å². The molecule has 0 spiro atoms. The van der Waals surface area contributed by atoms with Crippen molar-refractivity contribution in [1.29, 1.82) is 0 Å². The zero-order chi connectivity index (χ0) is 24.5. The Balaban J connectivity index is 1.36. The van der Waals surface area contributed by atoms with Gasteiger partial charge in [-0.1, -0.05) is 84.1 Å². The summed E-state index contributed by atoms with van der Waals surface area (Å²) in [5.41, 5.74) is 3.64. The van der Waals surface area contributed by atoms with Crippen LogP contribution in [0.2, 0.25) is 0 Å². The molecule has 0 saturated heterocycles. The summed E-state index contributed by atoms with van der Waals surface area (Å²) >= 11 is 1.31. The fraction of sp³-hybridized carbons (Fsp3) is 0.185. The first-order valence-electron chi connectivity index (χ1n) is 11.3. The van der Waals surface area contributed by atoms with E-state index in [2.05, 4.69) is 15.5 Å². The van der Waals surface area contributed by atoms with Crippen LogP contribution >= 0.6 is 11.3 Å². The number of ether oxygens (including phenoxy) is 1. The van der Waals surface area contributed by atoms with E-state index in [4.69, 9.17) is 4.74 Å². The van der Waals surface area contributed by atoms with E-state index in [1.807, 2.05) is 84.9 Å². The molecule has 2 amide bonds. The molecule has 0 saturated carbocycles. The van der Waals surface area contributed by atoms with Crippen LogP contribution in [0.25, 0.3) is 21.7 Å². The van der Waals surface area contributed by atoms with Crippen LogP contribution in [-0.2, 0) is 9.53 Å². The molecule has 1 heterocycles. The highest BCUT2D eigenvalue weighted by atomic mass is 32.1. The van der Waals surface area contributed by atoms with Crippen LogP contribution in [0.15, 0.2) is 84.9 Å². The molecular weight excluding hydrogens is 460 g/mol. The van der Waals surface area contributed by atoms with Crippen molar-refractivity contribution >= 4 is 28.3 Å². The van der Waals surface area contributed by atoms with E-state index in [0.29, 0.717) is 23.8 Å². The number of methoxy groups -OCH3 is 1. The number of aromatic nitrogens is 2. The van der Waals surface area contributed by atoms with E-state index in [1.165, 1.54) is 11.3 Å². The van der Waals surface area contributed by atoms with Gasteiger partial charge in [0.1, 0.15) is 5.01 Å². The molecule has 0 aliphatic carbocycles. The summed E-state index contributed by atoms with van der Waals surface area (Å²) in [6, 6.07) is 27.2. The van der Waals surface area contributed by atoms with Gasteiger partial charge in [0.05, 0.1) is 6.61 Å². The molecule has 35 heavy (non-hydrogen) atoms. The Labute approximate surface area is 208 Å². The lowest BCUT2D eigenvalue weighted by Crippen LogP contribution is -2.36. The van der Waals surface area contributed by atoms with Gasteiger partial charge in [-0.15, -0.1) is 10.2 Å². The zero-order valence-corrected chi connectivity index (χ0v) is 20.2. The lowest BCUT2D eigenvalue weighted by atomic mass is 10.0. The lowest BCUT2D eigenvalue weighted by molar-refractivity contribution is -0.116. The second kappa shape index (κ2) is 12.0. The van der Waals surface area contributed by atoms with E-state index < -0.39 is 0 Å². The lowest BCUT2D eigenvalue weighted by Gasteiger charge is -2.22. The van der Waals surface area contributed by atoms with Gasteiger partial charge in [0.25, 0.3) is 5.91 Å². The van der Waals surface area contributed by atoms with E-state index in [1.54, 1.807) is 12.0 Å². The number of anilines is 1. The molecule has 0 atom stereocenters. The normalized spacial score (nSPS) is 10.7. The third kappa shape index (κ3) is 6.59. The fourth-order valence-electron chi connectivity index (χ4n) is 3.52. The van der Waals surface area contributed by atoms with Crippen LogP contribution in [0, 0.1) is 0 Å². The average Bonchev–Trinajstić information content (AvgIpc) is 3.38. The van der Waals surface area contributed by atoms with Gasteiger partial charge in [0.2, 0.25) is 11.0 Å². The van der Waals surface area contributed by atoms with Gasteiger partial charge in [-0.3, -0.25) is 9.59 Å². The number of nitrogens with zero attached hydrogens (tertiary/aromatic N) is 3. The summed E-state index contributed by atoms with van der Waals surface area (Å²) in [7, 11) is 1.59. The minimum Gasteiger partial charge on any atom is -0.383 e. The smallest absolute Gasteiger partial charge is 0.253 e. The van der Waals surface area contributed by atoms with E-state index in [-0.39, 0.29) is 24.8 Å². The summed E-state index contributed by atoms with van der Waals surface area (Å²) in [6.45, 7) is 1.03. The monoisotopic (exact) mass is 486 g/mol. The van der Waals surface area contributed by atoms with Crippen molar-refractivity contribution < 1.29 is 14.3 Å². The Morgan fingerprint density at radius 1 is 0.829 bits per heavy atom. The number of hydrogen-bond donors (Lipinski definition) is 1. The standard InChI is InChI=1S/C27H26N4O3S/c1-34-19-18-31(26(33)23-14-12-21(13-15-23)20-8-4-2-5-9-20)17-16-24(32)28-27-30-29-25(35-27)22-10-6-3-7-11-22/h2-15H,16-19H2,1H3,(H,28,30,32). The summed E-state index contributed by atoms with van der Waals surface area (Å²) < 4.78 is 5.17. The van der Waals surface area contributed by atoms with E-state index >= 15 is 0 Å². The molecule has 0 bridgehead atoms. The van der Waals surface area contributed by atoms with Crippen LogP contribution in [0.1, 0.15) is 16.8 Å². The second-order valence-corrected chi connectivity index (χ2v) is 8.78. The van der Waals surface area contributed by atoms with Gasteiger partial charge in [-0.05, 0) is 23.3 Å². The maximum absolute atomic E-state index is 13.1. The molecular formula is C27H26N4O3S. The molecule has 0 fully saturated rings. The Hall–Kier alpha value is -3.88. The van der Waals surface area contributed by atoms with Crippen molar-refractivity contribution in [2.75, 3.05) is 32.1 Å². The van der Waals surface area contributed by atoms with Crippen LogP contribution in [0.4, 0.5) is 5.13 Å². The van der Waals surface area contributed by atoms with Crippen molar-refractivity contribution in [3.8, 4) is 21.7 Å². The van der Waals surface area contributed by atoms with Crippen LogP contribution < -0.4 is 5.32 Å². The summed E-state index contributed by atoms with van der Waals surface area (Å²) in [4.78, 5) is 27.3. The second-order valence-electron chi connectivity index (χ2n) is 7.80. The molecule has 4 rings (SSSR count). The van der Waals surface area contributed by atoms with Crippen LogP contribution in [-0.4, -0.2) is 53.7 Å². The van der Waals surface area contributed by atoms with Crippen LogP contribution in [0.5, 0.6) is 0 Å². The first-order chi connectivity index (χ1) is 17.1. The molecule has 1 aromatic heterocycles. The highest BCUT2D eigenvalue weighted by Gasteiger charge is 2.18. The van der Waals surface area contributed by atoms with Gasteiger partial charge in [-0.2, -0.15) is 0 Å². The number of amides is 2. The van der Waals surface area contributed by atoms with Gasteiger partial charge >= 0.3 is 0 Å². The van der Waals surface area contributed by atoms with Crippen molar-refractivity contribution in [1.82, 2.24) is 15.1 Å². The topological polar surface area (TPSA) is 84.4 Å². The number of hydrogen-bond acceptors (Lipinski definition) is 6. The predicted octanol–water partition coefficient (Wildman–Crippen LogP) is 4.99. The molecule has 0 aliphatic heterocycles. The number of benzene rings is 3. The molecule has 4 aromatic rings. The molecule has 8 heteroatoms. The number of nitrogens with one attached hydrogen (secondary N) is 1. The summed E-state index contributed by atoms with van der Waals surface area (Å²) in [6.07, 6.45) is 0.137. The first-order valence-corrected chi connectivity index (χ1v) is 12.1. The number of carbonyl (C=O) groups is 2. The van der Waals surface area contributed by atoms with Crippen molar-refractivity contribution in [3.05, 3.63) is 90.5 Å². The maximum atomic E-state index is 13.1. The number of rotatable bonds is 10. The maximum Gasteiger partial charge on any atom is 0.253 e. The van der Waals surface area contributed by atoms with Crippen molar-refractivity contribution in [2.45, 2.75) is 6.42 Å². The molecule has 0 unspecified atom stereocenters. The SMILES string of the molecule is COCCN(CCC(=O)Nc1nnc(-c2ccccc2)s1)C(=O)c1ccc(-c2ccccc2)cc1. The fourth-order valence-corrected chi connectivity index (χ4v) is 4.29. The van der Waals surface area contributed by atoms with E-state index in [9.17, 15) is 9.59 Å². The number of carbonyl (C=O) groups excluding carboxylic acids is 2. The van der Waals surface area contributed by atoms with Gasteiger partial charge in [0.15, 0.2) is 0 Å². The molecule has 178 valence electrons. The predicted molar refractivity (Wildman–Crippen MR) is 138 cm³/mol. The largest absolute Gasteiger partial charge is 0.383 e. The summed E-state index contributed by atoms with van der Waals surface area (Å²) in [5.74, 6) is -0.368. The minimum absolute atomic E-state index is 0.137. The van der Waals surface area contributed by atoms with Gasteiger partial charge in [-0.25, -0.2) is 0 Å². The minimum atomic E-state index is -0.226. The Morgan fingerprint density at radius 3 is 2.11 bits per heavy atom. The third-order valence-corrected chi connectivity index (χ3v) is 6.28.